The minimum absolute atomic E-state index is 0.588. The summed E-state index contributed by atoms with van der Waals surface area (Å²) < 4.78 is 2.36. The fourth-order valence-electron chi connectivity index (χ4n) is 4.24. The maximum Gasteiger partial charge on any atom is 0.0903 e. The van der Waals surface area contributed by atoms with Crippen LogP contribution in [0.5, 0.6) is 0 Å². The van der Waals surface area contributed by atoms with Crippen LogP contribution < -0.4 is 0 Å². The highest BCUT2D eigenvalue weighted by Crippen LogP contribution is 2.35. The number of pyridine rings is 1. The van der Waals surface area contributed by atoms with E-state index in [4.69, 9.17) is 0 Å². The second-order valence-electron chi connectivity index (χ2n) is 8.17. The summed E-state index contributed by atoms with van der Waals surface area (Å²) in [4.78, 5) is 9.96. The summed E-state index contributed by atoms with van der Waals surface area (Å²) >= 11 is 0. The second-order valence-corrected chi connectivity index (χ2v) is 8.17. The molecule has 0 saturated heterocycles. The van der Waals surface area contributed by atoms with E-state index in [1.807, 2.05) is 32.2 Å². The minimum atomic E-state index is -0.712. The quantitative estimate of drug-likeness (QED) is 0.371. The van der Waals surface area contributed by atoms with Crippen LogP contribution in [0.4, 0.5) is 0 Å². The lowest BCUT2D eigenvalue weighted by atomic mass is 9.94. The average Bonchev–Trinajstić information content (AvgIpc) is 2.94. The third-order valence-corrected chi connectivity index (χ3v) is 5.87. The van der Waals surface area contributed by atoms with Crippen molar-refractivity contribution >= 4 is 10.9 Å². The number of rotatable bonds is 4. The van der Waals surface area contributed by atoms with Crippen LogP contribution in [-0.2, 0) is 25.0 Å². The number of hydrogen-bond donors (Lipinski definition) is 0. The number of aromatic nitrogens is 2. The van der Waals surface area contributed by atoms with E-state index in [-0.39, 0.29) is 0 Å². The van der Waals surface area contributed by atoms with Crippen molar-refractivity contribution in [2.45, 2.75) is 45.8 Å². The zero-order valence-corrected chi connectivity index (χ0v) is 17.0. The Hall–Kier alpha value is -2.82. The van der Waals surface area contributed by atoms with Gasteiger partial charge >= 0.3 is 0 Å². The SMILES string of the molecule is Cc1ccc2c(c1)c1c(n2CC(C)(N=[N+]=[N-])c2ccc(C)nc2)CN(C)CC1. The predicted molar refractivity (Wildman–Crippen MR) is 112 cm³/mol. The van der Waals surface area contributed by atoms with Crippen LogP contribution >= 0.6 is 0 Å². The molecule has 1 aliphatic rings. The molecule has 28 heavy (non-hydrogen) atoms. The highest BCUT2D eigenvalue weighted by molar-refractivity contribution is 5.86. The van der Waals surface area contributed by atoms with Gasteiger partial charge in [-0.25, -0.2) is 0 Å². The van der Waals surface area contributed by atoms with Gasteiger partial charge in [-0.2, -0.15) is 0 Å². The first-order valence-electron chi connectivity index (χ1n) is 9.70. The molecule has 0 radical (unpaired) electrons. The molecule has 0 fully saturated rings. The van der Waals surface area contributed by atoms with Gasteiger partial charge in [0, 0.05) is 53.0 Å². The standard InChI is InChI=1S/C22H26N6/c1-15-5-8-20-19(11-15)18-9-10-27(4)13-21(18)28(20)14-22(3,25-26-23)17-7-6-16(2)24-12-17/h5-8,11-12H,9-10,13-14H2,1-4H3. The Morgan fingerprint density at radius 1 is 1.25 bits per heavy atom. The summed E-state index contributed by atoms with van der Waals surface area (Å²) in [6.45, 7) is 8.66. The van der Waals surface area contributed by atoms with E-state index in [2.05, 4.69) is 56.6 Å². The summed E-state index contributed by atoms with van der Waals surface area (Å²) in [5.41, 5.74) is 15.7. The van der Waals surface area contributed by atoms with Crippen LogP contribution in [0.1, 0.15) is 35.0 Å². The molecular weight excluding hydrogens is 348 g/mol. The number of azide groups is 1. The number of benzene rings is 1. The highest BCUT2D eigenvalue weighted by Gasteiger charge is 2.30. The van der Waals surface area contributed by atoms with Gasteiger partial charge in [-0.1, -0.05) is 22.8 Å². The van der Waals surface area contributed by atoms with E-state index < -0.39 is 5.54 Å². The Bertz CT molecular complexity index is 1070. The Morgan fingerprint density at radius 2 is 2.07 bits per heavy atom. The van der Waals surface area contributed by atoms with E-state index in [9.17, 15) is 5.53 Å². The second kappa shape index (κ2) is 6.97. The van der Waals surface area contributed by atoms with E-state index in [0.29, 0.717) is 6.54 Å². The van der Waals surface area contributed by atoms with Gasteiger partial charge in [0.2, 0.25) is 0 Å². The molecule has 3 heterocycles. The molecule has 3 aromatic rings. The minimum Gasteiger partial charge on any atom is -0.342 e. The molecule has 0 saturated carbocycles. The van der Waals surface area contributed by atoms with Gasteiger partial charge in [-0.15, -0.1) is 0 Å². The molecule has 0 bridgehead atoms. The molecule has 1 atom stereocenters. The van der Waals surface area contributed by atoms with Gasteiger partial charge in [0.15, 0.2) is 0 Å². The number of nitrogens with zero attached hydrogens (tertiary/aromatic N) is 6. The third kappa shape index (κ3) is 3.15. The first-order valence-corrected chi connectivity index (χ1v) is 9.70. The molecule has 144 valence electrons. The third-order valence-electron chi connectivity index (χ3n) is 5.87. The van der Waals surface area contributed by atoms with Crippen molar-refractivity contribution in [3.63, 3.8) is 0 Å². The maximum absolute atomic E-state index is 9.30. The van der Waals surface area contributed by atoms with Gasteiger partial charge in [-0.05, 0) is 69.1 Å². The zero-order chi connectivity index (χ0) is 19.9. The molecule has 6 nitrogen and oxygen atoms in total. The van der Waals surface area contributed by atoms with Crippen molar-refractivity contribution in [1.29, 1.82) is 0 Å². The molecule has 0 aliphatic carbocycles. The van der Waals surface area contributed by atoms with Crippen molar-refractivity contribution < 1.29 is 0 Å². The lowest BCUT2D eigenvalue weighted by Crippen LogP contribution is -2.31. The molecule has 1 aromatic carbocycles. The molecule has 0 N–H and O–H groups in total. The molecule has 1 unspecified atom stereocenters. The van der Waals surface area contributed by atoms with Crippen LogP contribution in [0.2, 0.25) is 0 Å². The van der Waals surface area contributed by atoms with Gasteiger partial charge in [-0.3, -0.25) is 4.98 Å². The maximum atomic E-state index is 9.30. The summed E-state index contributed by atoms with van der Waals surface area (Å²) in [5.74, 6) is 0. The lowest BCUT2D eigenvalue weighted by Gasteiger charge is -2.29. The molecule has 2 aromatic heterocycles. The molecule has 0 amide bonds. The Morgan fingerprint density at radius 3 is 2.79 bits per heavy atom. The van der Waals surface area contributed by atoms with Gasteiger partial charge in [0.25, 0.3) is 0 Å². The van der Waals surface area contributed by atoms with Crippen molar-refractivity contribution in [3.05, 3.63) is 75.0 Å². The highest BCUT2D eigenvalue weighted by atomic mass is 15.2. The van der Waals surface area contributed by atoms with Crippen molar-refractivity contribution in [1.82, 2.24) is 14.5 Å². The van der Waals surface area contributed by atoms with Gasteiger partial charge in [0.1, 0.15) is 0 Å². The van der Waals surface area contributed by atoms with Crippen LogP contribution in [0.15, 0.2) is 41.6 Å². The van der Waals surface area contributed by atoms with E-state index in [0.717, 1.165) is 30.8 Å². The van der Waals surface area contributed by atoms with Crippen LogP contribution in [0.25, 0.3) is 21.3 Å². The summed E-state index contributed by atoms with van der Waals surface area (Å²) in [7, 11) is 2.16. The van der Waals surface area contributed by atoms with Crippen LogP contribution in [-0.4, -0.2) is 28.0 Å². The molecule has 0 spiro atoms. The lowest BCUT2D eigenvalue weighted by molar-refractivity contribution is 0.296. The number of fused-ring (bicyclic) bond motifs is 3. The summed E-state index contributed by atoms with van der Waals surface area (Å²) in [5, 5.41) is 5.56. The largest absolute Gasteiger partial charge is 0.342 e. The Kier molecular flexibility index (Phi) is 4.61. The summed E-state index contributed by atoms with van der Waals surface area (Å²) in [6, 6.07) is 10.6. The monoisotopic (exact) mass is 374 g/mol. The van der Waals surface area contributed by atoms with E-state index in [1.165, 1.54) is 27.7 Å². The van der Waals surface area contributed by atoms with Gasteiger partial charge < -0.3 is 9.47 Å². The molecule has 4 rings (SSSR count). The predicted octanol–water partition coefficient (Wildman–Crippen LogP) is 4.87. The van der Waals surface area contributed by atoms with Crippen molar-refractivity contribution in [2.75, 3.05) is 13.6 Å². The Balaban J connectivity index is 1.89. The van der Waals surface area contributed by atoms with Gasteiger partial charge in [0.05, 0.1) is 5.54 Å². The first kappa shape index (κ1) is 18.5. The van der Waals surface area contributed by atoms with Crippen molar-refractivity contribution in [2.24, 2.45) is 5.11 Å². The number of hydrogen-bond acceptors (Lipinski definition) is 3. The van der Waals surface area contributed by atoms with Crippen LogP contribution in [0, 0.1) is 13.8 Å². The number of aryl methyl sites for hydroxylation is 2. The zero-order valence-electron chi connectivity index (χ0n) is 17.0. The van der Waals surface area contributed by atoms with E-state index in [1.54, 1.807) is 0 Å². The Labute approximate surface area is 165 Å². The summed E-state index contributed by atoms with van der Waals surface area (Å²) in [6.07, 6.45) is 2.88. The normalized spacial score (nSPS) is 16.4. The first-order chi connectivity index (χ1) is 13.4. The fraction of sp³-hybridized carbons (Fsp3) is 0.409. The average molecular weight is 374 g/mol. The van der Waals surface area contributed by atoms with E-state index >= 15 is 0 Å². The molecular formula is C22H26N6. The molecule has 6 heteroatoms. The number of likely N-dealkylation sites (N-methyl/N-ethyl adjacent to an activating group) is 1. The molecule has 1 aliphatic heterocycles. The topological polar surface area (TPSA) is 69.8 Å². The fourth-order valence-corrected chi connectivity index (χ4v) is 4.24. The smallest absolute Gasteiger partial charge is 0.0903 e. The van der Waals surface area contributed by atoms with Crippen LogP contribution in [0.3, 0.4) is 0 Å². The van der Waals surface area contributed by atoms with Crippen molar-refractivity contribution in [3.8, 4) is 0 Å².